The van der Waals surface area contributed by atoms with E-state index in [2.05, 4.69) is 20.9 Å². The van der Waals surface area contributed by atoms with Crippen LogP contribution in [0.5, 0.6) is 0 Å². The number of amides is 4. The summed E-state index contributed by atoms with van der Waals surface area (Å²) in [6.07, 6.45) is 9.86. The molecule has 2 aromatic rings. The first-order valence-corrected chi connectivity index (χ1v) is 16.6. The predicted molar refractivity (Wildman–Crippen MR) is 169 cm³/mol. The van der Waals surface area contributed by atoms with Gasteiger partial charge in [0.05, 0.1) is 12.1 Å². The molecule has 0 unspecified atom stereocenters. The lowest BCUT2D eigenvalue weighted by Crippen LogP contribution is -2.54. The number of aromatic amines is 1. The van der Waals surface area contributed by atoms with E-state index in [0.717, 1.165) is 67.8 Å². The number of H-pyrrole nitrogens is 1. The van der Waals surface area contributed by atoms with Crippen LogP contribution in [0, 0.1) is 11.8 Å². The second kappa shape index (κ2) is 15.2. The van der Waals surface area contributed by atoms with Gasteiger partial charge in [-0.1, -0.05) is 50.3 Å². The smallest absolute Gasteiger partial charge is 0.318 e. The SMILES string of the molecule is NC1CCN(C(=O)N[C@@H](Cc2c[nH]c3ccccc23)C(=O)NCCC(=O)N[C@@H](CC2CCCCC2)[C@@H](O)[C@@H](O)C2CC2)CC1. The summed E-state index contributed by atoms with van der Waals surface area (Å²) in [7, 11) is 0. The minimum atomic E-state index is -1.01. The van der Waals surface area contributed by atoms with Crippen molar-refractivity contribution in [3.8, 4) is 0 Å². The Balaban J connectivity index is 1.18. The Morgan fingerprint density at radius 3 is 2.43 bits per heavy atom. The Kier molecular flexibility index (Phi) is 11.2. The highest BCUT2D eigenvalue weighted by molar-refractivity contribution is 5.89. The predicted octanol–water partition coefficient (Wildman–Crippen LogP) is 2.31. The molecule has 3 fully saturated rings. The molecule has 2 aliphatic carbocycles. The fourth-order valence-electron chi connectivity index (χ4n) is 6.79. The van der Waals surface area contributed by atoms with Crippen LogP contribution >= 0.6 is 0 Å². The van der Waals surface area contributed by atoms with E-state index >= 15 is 0 Å². The molecule has 1 aromatic carbocycles. The second-order valence-corrected chi connectivity index (χ2v) is 13.2. The number of benzene rings is 1. The van der Waals surface area contributed by atoms with E-state index < -0.39 is 24.3 Å². The van der Waals surface area contributed by atoms with Crippen LogP contribution in [0.2, 0.25) is 0 Å². The third-order valence-electron chi connectivity index (χ3n) is 9.72. The molecule has 11 heteroatoms. The molecular weight excluding hydrogens is 560 g/mol. The van der Waals surface area contributed by atoms with Crippen molar-refractivity contribution in [2.24, 2.45) is 17.6 Å². The number of para-hydroxylation sites is 1. The number of nitrogens with zero attached hydrogens (tertiary/aromatic N) is 1. The number of nitrogens with two attached hydrogens (primary N) is 1. The molecule has 242 valence electrons. The number of nitrogens with one attached hydrogen (secondary N) is 4. The molecule has 3 aliphatic rings. The molecule has 1 saturated heterocycles. The van der Waals surface area contributed by atoms with E-state index in [1.165, 1.54) is 6.42 Å². The van der Waals surface area contributed by atoms with Crippen molar-refractivity contribution in [3.63, 3.8) is 0 Å². The van der Waals surface area contributed by atoms with Crippen molar-refractivity contribution in [1.29, 1.82) is 0 Å². The number of rotatable bonds is 13. The Labute approximate surface area is 259 Å². The largest absolute Gasteiger partial charge is 0.390 e. The van der Waals surface area contributed by atoms with E-state index in [-0.39, 0.29) is 49.2 Å². The average Bonchev–Trinajstić information content (AvgIpc) is 3.81. The molecule has 11 nitrogen and oxygen atoms in total. The number of piperidine rings is 1. The van der Waals surface area contributed by atoms with E-state index in [4.69, 9.17) is 5.73 Å². The molecule has 2 saturated carbocycles. The van der Waals surface area contributed by atoms with E-state index in [0.29, 0.717) is 25.4 Å². The first-order valence-electron chi connectivity index (χ1n) is 16.6. The van der Waals surface area contributed by atoms with Gasteiger partial charge in [-0.2, -0.15) is 0 Å². The maximum Gasteiger partial charge on any atom is 0.318 e. The quantitative estimate of drug-likeness (QED) is 0.183. The van der Waals surface area contributed by atoms with Crippen molar-refractivity contribution in [3.05, 3.63) is 36.0 Å². The normalized spacial score (nSPS) is 20.9. The van der Waals surface area contributed by atoms with Crippen LogP contribution in [0.1, 0.15) is 76.2 Å². The van der Waals surface area contributed by atoms with Crippen LogP contribution in [0.3, 0.4) is 0 Å². The number of urea groups is 1. The molecule has 44 heavy (non-hydrogen) atoms. The van der Waals surface area contributed by atoms with Crippen LogP contribution < -0.4 is 21.7 Å². The fourth-order valence-corrected chi connectivity index (χ4v) is 6.79. The zero-order valence-corrected chi connectivity index (χ0v) is 25.7. The molecule has 2 heterocycles. The Morgan fingerprint density at radius 2 is 1.70 bits per heavy atom. The van der Waals surface area contributed by atoms with Gasteiger partial charge in [0, 0.05) is 55.6 Å². The van der Waals surface area contributed by atoms with Crippen LogP contribution in [0.15, 0.2) is 30.5 Å². The van der Waals surface area contributed by atoms with Crippen LogP contribution in [0.4, 0.5) is 4.79 Å². The summed E-state index contributed by atoms with van der Waals surface area (Å²) in [6, 6.07) is 6.23. The van der Waals surface area contributed by atoms with Crippen molar-refractivity contribution in [2.75, 3.05) is 19.6 Å². The number of aliphatic hydroxyl groups is 2. The van der Waals surface area contributed by atoms with Gasteiger partial charge in [0.1, 0.15) is 12.1 Å². The molecule has 1 aromatic heterocycles. The Morgan fingerprint density at radius 1 is 0.977 bits per heavy atom. The van der Waals surface area contributed by atoms with Crippen LogP contribution in [-0.2, 0) is 16.0 Å². The maximum atomic E-state index is 13.4. The molecule has 4 amide bonds. The number of hydrogen-bond acceptors (Lipinski definition) is 6. The standard InChI is InChI=1S/C33H50N6O5/c34-24-13-16-39(17-14-24)33(44)38-28(19-23-20-36-26-9-5-4-8-25(23)26)32(43)35-15-12-29(40)37-27(18-21-6-2-1-3-7-21)31(42)30(41)22-10-11-22/h4-5,8-9,20-22,24,27-28,30-31,36,41-42H,1-3,6-7,10-19,34H2,(H,35,43)(H,37,40)(H,38,44)/t27-,28-,30-,31+/m0/s1. The van der Waals surface area contributed by atoms with Gasteiger partial charge in [0.25, 0.3) is 0 Å². The Bertz CT molecular complexity index is 1250. The van der Waals surface area contributed by atoms with Crippen molar-refractivity contribution in [2.45, 2.75) is 107 Å². The minimum Gasteiger partial charge on any atom is -0.390 e. The number of aliphatic hydroxyl groups excluding tert-OH is 2. The van der Waals surface area contributed by atoms with Gasteiger partial charge in [-0.05, 0) is 55.6 Å². The van der Waals surface area contributed by atoms with Crippen molar-refractivity contribution >= 4 is 28.7 Å². The van der Waals surface area contributed by atoms with Crippen LogP contribution in [0.25, 0.3) is 10.9 Å². The van der Waals surface area contributed by atoms with Gasteiger partial charge in [-0.15, -0.1) is 0 Å². The van der Waals surface area contributed by atoms with E-state index in [1.54, 1.807) is 4.90 Å². The van der Waals surface area contributed by atoms with Gasteiger partial charge in [-0.25, -0.2) is 4.79 Å². The summed E-state index contributed by atoms with van der Waals surface area (Å²) in [5.41, 5.74) is 7.87. The highest BCUT2D eigenvalue weighted by atomic mass is 16.3. The number of carbonyl (C=O) groups is 3. The summed E-state index contributed by atoms with van der Waals surface area (Å²) >= 11 is 0. The number of likely N-dealkylation sites (tertiary alicyclic amines) is 1. The molecular formula is C33H50N6O5. The van der Waals surface area contributed by atoms with Gasteiger partial charge in [-0.3, -0.25) is 9.59 Å². The van der Waals surface area contributed by atoms with E-state index in [9.17, 15) is 24.6 Å². The second-order valence-electron chi connectivity index (χ2n) is 13.2. The molecule has 0 spiro atoms. The number of hydrogen-bond donors (Lipinski definition) is 7. The first-order chi connectivity index (χ1) is 21.3. The van der Waals surface area contributed by atoms with Crippen molar-refractivity contribution < 1.29 is 24.6 Å². The van der Waals surface area contributed by atoms with E-state index in [1.807, 2.05) is 30.5 Å². The molecule has 0 bridgehead atoms. The lowest BCUT2D eigenvalue weighted by molar-refractivity contribution is -0.124. The molecule has 4 atom stereocenters. The number of carbonyl (C=O) groups excluding carboxylic acids is 3. The number of fused-ring (bicyclic) bond motifs is 1. The monoisotopic (exact) mass is 610 g/mol. The zero-order valence-electron chi connectivity index (χ0n) is 25.7. The summed E-state index contributed by atoms with van der Waals surface area (Å²) in [4.78, 5) is 44.5. The van der Waals surface area contributed by atoms with Gasteiger partial charge in [0.15, 0.2) is 0 Å². The highest BCUT2D eigenvalue weighted by Gasteiger charge is 2.39. The summed E-state index contributed by atoms with van der Waals surface area (Å²) < 4.78 is 0. The topological polar surface area (TPSA) is 173 Å². The van der Waals surface area contributed by atoms with Crippen molar-refractivity contribution in [1.82, 2.24) is 25.8 Å². The highest BCUT2D eigenvalue weighted by Crippen LogP contribution is 2.36. The van der Waals surface area contributed by atoms with Gasteiger partial charge >= 0.3 is 6.03 Å². The first kappa shape index (κ1) is 32.2. The summed E-state index contributed by atoms with van der Waals surface area (Å²) in [5.74, 6) is -0.136. The summed E-state index contributed by atoms with van der Waals surface area (Å²) in [6.45, 7) is 1.16. The third-order valence-corrected chi connectivity index (χ3v) is 9.72. The number of aromatic nitrogens is 1. The van der Waals surface area contributed by atoms with Crippen LogP contribution in [-0.4, -0.2) is 87.9 Å². The lowest BCUT2D eigenvalue weighted by Gasteiger charge is -2.32. The van der Waals surface area contributed by atoms with Gasteiger partial charge < -0.3 is 41.8 Å². The zero-order chi connectivity index (χ0) is 31.1. The lowest BCUT2D eigenvalue weighted by atomic mass is 9.82. The average molecular weight is 611 g/mol. The molecule has 0 radical (unpaired) electrons. The maximum absolute atomic E-state index is 13.4. The molecule has 8 N–H and O–H groups in total. The van der Waals surface area contributed by atoms with Gasteiger partial charge in [0.2, 0.25) is 11.8 Å². The third kappa shape index (κ3) is 8.73. The Hall–Kier alpha value is -3.15. The fraction of sp³-hybridized carbons (Fsp3) is 0.667. The minimum absolute atomic E-state index is 0.0247. The molecule has 1 aliphatic heterocycles. The molecule has 5 rings (SSSR count). The summed E-state index contributed by atoms with van der Waals surface area (Å²) in [5, 5.41) is 31.3.